The second-order valence-corrected chi connectivity index (χ2v) is 14.5. The number of methoxy groups -OCH3 is 4. The Kier molecular flexibility index (Phi) is 9.21. The zero-order chi connectivity index (χ0) is 33.1. The summed E-state index contributed by atoms with van der Waals surface area (Å²) in [5.74, 6) is 3.38. The second-order valence-electron chi connectivity index (χ2n) is 13.0. The summed E-state index contributed by atoms with van der Waals surface area (Å²) < 4.78 is 24.6. The molecule has 0 aromatic heterocycles. The molecule has 5 aromatic rings. The van der Waals surface area contributed by atoms with Crippen LogP contribution in [0.25, 0.3) is 22.3 Å². The van der Waals surface area contributed by atoms with Gasteiger partial charge in [0.05, 0.1) is 39.6 Å². The second kappa shape index (κ2) is 13.7. The Balaban J connectivity index is 1.73. The van der Waals surface area contributed by atoms with E-state index in [4.69, 9.17) is 18.9 Å². The summed E-state index contributed by atoms with van der Waals surface area (Å²) >= 11 is 0. The van der Waals surface area contributed by atoms with E-state index < -0.39 is 5.41 Å². The highest BCUT2D eigenvalue weighted by Gasteiger charge is 2.63. The molecule has 1 saturated heterocycles. The van der Waals surface area contributed by atoms with Gasteiger partial charge in [-0.15, -0.1) is 8.58 Å². The van der Waals surface area contributed by atoms with Crippen LogP contribution in [0.4, 0.5) is 0 Å². The standard InChI is InChI=1S/C43H45O4P/c1-44-35-20-12-21-36(45-2)39(35)32-18-11-19-33(40-37(46-3)22-13-23-38(40)47-4)41(32)43(31-16-9-6-10-17-31)34(30-14-7-5-8-15-30)24-25-42(43)26-28-48-29-27-42/h5-23,34,48H,24-29H2,1-4H3. The topological polar surface area (TPSA) is 36.9 Å². The van der Waals surface area contributed by atoms with E-state index in [-0.39, 0.29) is 11.3 Å². The van der Waals surface area contributed by atoms with Crippen molar-refractivity contribution in [2.45, 2.75) is 37.0 Å². The summed E-state index contributed by atoms with van der Waals surface area (Å²) in [5, 5.41) is 0. The summed E-state index contributed by atoms with van der Waals surface area (Å²) in [7, 11) is 8.02. The van der Waals surface area contributed by atoms with Gasteiger partial charge < -0.3 is 18.9 Å². The highest BCUT2D eigenvalue weighted by atomic mass is 31.1. The van der Waals surface area contributed by atoms with Crippen molar-refractivity contribution in [1.82, 2.24) is 0 Å². The molecule has 48 heavy (non-hydrogen) atoms. The molecule has 2 unspecified atom stereocenters. The van der Waals surface area contributed by atoms with Gasteiger partial charge in [0.15, 0.2) is 0 Å². The number of hydrogen-bond acceptors (Lipinski definition) is 4. The van der Waals surface area contributed by atoms with E-state index >= 15 is 0 Å². The molecule has 0 N–H and O–H groups in total. The molecule has 0 amide bonds. The Morgan fingerprint density at radius 2 is 0.979 bits per heavy atom. The zero-order valence-corrected chi connectivity index (χ0v) is 29.4. The van der Waals surface area contributed by atoms with E-state index in [9.17, 15) is 0 Å². The first-order chi connectivity index (χ1) is 23.6. The Hall–Kier alpha value is -4.27. The SMILES string of the molecule is COc1cccc(OC)c1-c1cccc(-c2c(OC)cccc2OC)c1C1(c2ccccc2)C(c2ccccc2)CCC12CCPCC2. The summed E-state index contributed by atoms with van der Waals surface area (Å²) in [5.41, 5.74) is 7.83. The summed E-state index contributed by atoms with van der Waals surface area (Å²) in [6.45, 7) is 0. The maximum atomic E-state index is 6.15. The highest BCUT2D eigenvalue weighted by molar-refractivity contribution is 7.38. The van der Waals surface area contributed by atoms with Crippen LogP contribution in [-0.2, 0) is 5.41 Å². The lowest BCUT2D eigenvalue weighted by molar-refractivity contribution is 0.160. The minimum atomic E-state index is -0.399. The van der Waals surface area contributed by atoms with E-state index in [1.54, 1.807) is 28.4 Å². The summed E-state index contributed by atoms with van der Waals surface area (Å²) in [4.78, 5) is 0. The Morgan fingerprint density at radius 3 is 1.46 bits per heavy atom. The molecular formula is C43H45O4P. The maximum absolute atomic E-state index is 6.15. The molecule has 0 bridgehead atoms. The Morgan fingerprint density at radius 1 is 0.521 bits per heavy atom. The van der Waals surface area contributed by atoms with Gasteiger partial charge in [0, 0.05) is 5.41 Å². The molecule has 2 aliphatic rings. The summed E-state index contributed by atoms with van der Waals surface area (Å²) in [6.07, 6.45) is 7.13. The molecule has 1 spiro atoms. The van der Waals surface area contributed by atoms with Crippen LogP contribution in [0, 0.1) is 5.41 Å². The molecule has 1 aliphatic heterocycles. The molecule has 4 nitrogen and oxygen atoms in total. The van der Waals surface area contributed by atoms with Crippen LogP contribution in [0.1, 0.15) is 48.3 Å². The van der Waals surface area contributed by atoms with Gasteiger partial charge in [-0.25, -0.2) is 0 Å². The zero-order valence-electron chi connectivity index (χ0n) is 28.4. The van der Waals surface area contributed by atoms with Crippen LogP contribution in [0.2, 0.25) is 0 Å². The lowest BCUT2D eigenvalue weighted by Gasteiger charge is -2.53. The van der Waals surface area contributed by atoms with Gasteiger partial charge in [-0.3, -0.25) is 0 Å². The predicted molar refractivity (Wildman–Crippen MR) is 199 cm³/mol. The predicted octanol–water partition coefficient (Wildman–Crippen LogP) is 10.4. The van der Waals surface area contributed by atoms with E-state index in [1.165, 1.54) is 41.9 Å². The van der Waals surface area contributed by atoms with E-state index in [0.717, 1.165) is 66.7 Å². The fourth-order valence-corrected chi connectivity index (χ4v) is 10.8. The molecule has 1 aliphatic carbocycles. The first-order valence-electron chi connectivity index (χ1n) is 17.0. The average molecular weight is 657 g/mol. The van der Waals surface area contributed by atoms with Crippen LogP contribution in [0.15, 0.2) is 115 Å². The van der Waals surface area contributed by atoms with Crippen LogP contribution < -0.4 is 18.9 Å². The van der Waals surface area contributed by atoms with Crippen LogP contribution >= 0.6 is 8.58 Å². The number of benzene rings is 5. The van der Waals surface area contributed by atoms with Gasteiger partial charge in [0.1, 0.15) is 23.0 Å². The molecular weight excluding hydrogens is 611 g/mol. The maximum Gasteiger partial charge on any atom is 0.130 e. The number of rotatable bonds is 9. The summed E-state index contributed by atoms with van der Waals surface area (Å²) in [6, 6.07) is 41.6. The molecule has 5 heteroatoms. The van der Waals surface area contributed by atoms with E-state index in [0.29, 0.717) is 0 Å². The van der Waals surface area contributed by atoms with E-state index in [2.05, 4.69) is 78.9 Å². The fourth-order valence-electron chi connectivity index (χ4n) is 9.27. The third kappa shape index (κ3) is 5.08. The van der Waals surface area contributed by atoms with E-state index in [1.807, 2.05) is 36.4 Å². The molecule has 2 fully saturated rings. The van der Waals surface area contributed by atoms with Crippen molar-refractivity contribution in [2.24, 2.45) is 5.41 Å². The average Bonchev–Trinajstić information content (AvgIpc) is 3.48. The Bertz CT molecular complexity index is 1750. The van der Waals surface area contributed by atoms with Gasteiger partial charge >= 0.3 is 0 Å². The van der Waals surface area contributed by atoms with Crippen LogP contribution in [0.5, 0.6) is 23.0 Å². The first kappa shape index (κ1) is 32.3. The van der Waals surface area contributed by atoms with Crippen LogP contribution in [0.3, 0.4) is 0 Å². The van der Waals surface area contributed by atoms with Gasteiger partial charge in [-0.2, -0.15) is 0 Å². The van der Waals surface area contributed by atoms with Crippen molar-refractivity contribution in [1.29, 1.82) is 0 Å². The minimum absolute atomic E-state index is 0.0233. The monoisotopic (exact) mass is 656 g/mol. The van der Waals surface area contributed by atoms with Gasteiger partial charge in [0.2, 0.25) is 0 Å². The van der Waals surface area contributed by atoms with Gasteiger partial charge in [-0.05, 0) is 101 Å². The quantitative estimate of drug-likeness (QED) is 0.148. The van der Waals surface area contributed by atoms with Gasteiger partial charge in [-0.1, -0.05) is 91.0 Å². The third-order valence-electron chi connectivity index (χ3n) is 11.1. The molecule has 1 heterocycles. The fraction of sp³-hybridized carbons (Fsp3) is 0.302. The van der Waals surface area contributed by atoms with Crippen molar-refractivity contribution in [3.8, 4) is 45.3 Å². The number of ether oxygens (including phenoxy) is 4. The molecule has 0 radical (unpaired) electrons. The lowest BCUT2D eigenvalue weighted by atomic mass is 9.50. The molecule has 246 valence electrons. The largest absolute Gasteiger partial charge is 0.496 e. The van der Waals surface area contributed by atoms with Crippen LogP contribution in [-0.4, -0.2) is 40.8 Å². The van der Waals surface area contributed by atoms with Crippen molar-refractivity contribution >= 4 is 8.58 Å². The van der Waals surface area contributed by atoms with Gasteiger partial charge in [0.25, 0.3) is 0 Å². The Labute approximate surface area is 287 Å². The lowest BCUT2D eigenvalue weighted by Crippen LogP contribution is -2.48. The van der Waals surface area contributed by atoms with Crippen molar-refractivity contribution in [3.63, 3.8) is 0 Å². The van der Waals surface area contributed by atoms with Crippen molar-refractivity contribution in [2.75, 3.05) is 40.8 Å². The molecule has 5 aromatic carbocycles. The third-order valence-corrected chi connectivity index (χ3v) is 12.3. The minimum Gasteiger partial charge on any atom is -0.496 e. The first-order valence-corrected chi connectivity index (χ1v) is 18.4. The normalized spacial score (nSPS) is 22.5. The molecule has 1 saturated carbocycles. The smallest absolute Gasteiger partial charge is 0.130 e. The van der Waals surface area contributed by atoms with Crippen molar-refractivity contribution in [3.05, 3.63) is 132 Å². The molecule has 7 rings (SSSR count). The number of hydrogen-bond donors (Lipinski definition) is 0. The highest BCUT2D eigenvalue weighted by Crippen LogP contribution is 2.71. The molecule has 2 atom stereocenters. The van der Waals surface area contributed by atoms with Crippen molar-refractivity contribution < 1.29 is 18.9 Å².